The predicted octanol–water partition coefficient (Wildman–Crippen LogP) is 0.729. The Bertz CT molecular complexity index is 542. The number of hydrogen-bond acceptors (Lipinski definition) is 4. The van der Waals surface area contributed by atoms with Gasteiger partial charge in [-0.15, -0.1) is 0 Å². The Kier molecular flexibility index (Phi) is 3.38. The highest BCUT2D eigenvalue weighted by Gasteiger charge is 2.38. The van der Waals surface area contributed by atoms with Crippen LogP contribution in [0.4, 0.5) is 0 Å². The van der Waals surface area contributed by atoms with Gasteiger partial charge in [0.15, 0.2) is 9.84 Å². The van der Waals surface area contributed by atoms with Crippen LogP contribution in [0.2, 0.25) is 0 Å². The third-order valence-electron chi connectivity index (χ3n) is 3.52. The molecule has 0 spiro atoms. The van der Waals surface area contributed by atoms with E-state index in [-0.39, 0.29) is 24.2 Å². The lowest BCUT2D eigenvalue weighted by Crippen LogP contribution is -2.54. The van der Waals surface area contributed by atoms with E-state index in [4.69, 9.17) is 0 Å². The fourth-order valence-corrected chi connectivity index (χ4v) is 3.68. The van der Waals surface area contributed by atoms with E-state index >= 15 is 0 Å². The van der Waals surface area contributed by atoms with Gasteiger partial charge < -0.3 is 4.90 Å². The van der Waals surface area contributed by atoms with E-state index in [1.165, 1.54) is 6.20 Å². The second-order valence-corrected chi connectivity index (χ2v) is 7.03. The summed E-state index contributed by atoms with van der Waals surface area (Å²) in [6.45, 7) is 3.68. The van der Waals surface area contributed by atoms with Crippen molar-refractivity contribution in [1.82, 2.24) is 9.88 Å². The minimum Gasteiger partial charge on any atom is -0.334 e. The first kappa shape index (κ1) is 13.0. The second-order valence-electron chi connectivity index (χ2n) is 4.55. The zero-order valence-corrected chi connectivity index (χ0v) is 11.2. The molecule has 6 heteroatoms. The normalized spacial score (nSPS) is 26.9. The number of sulfone groups is 1. The highest BCUT2D eigenvalue weighted by molar-refractivity contribution is 7.92. The van der Waals surface area contributed by atoms with Crippen molar-refractivity contribution in [3.05, 3.63) is 30.1 Å². The number of nitrogens with zero attached hydrogens (tertiary/aromatic N) is 2. The monoisotopic (exact) mass is 268 g/mol. The van der Waals surface area contributed by atoms with Gasteiger partial charge in [-0.25, -0.2) is 8.42 Å². The third-order valence-corrected chi connectivity index (χ3v) is 5.80. The molecule has 5 nitrogen and oxygen atoms in total. The largest absolute Gasteiger partial charge is 0.334 e. The molecule has 0 N–H and O–H groups in total. The van der Waals surface area contributed by atoms with E-state index in [0.717, 1.165) is 0 Å². The Morgan fingerprint density at radius 1 is 1.44 bits per heavy atom. The van der Waals surface area contributed by atoms with E-state index in [9.17, 15) is 13.2 Å². The number of rotatable bonds is 1. The minimum atomic E-state index is -3.07. The maximum atomic E-state index is 12.3. The van der Waals surface area contributed by atoms with Crippen LogP contribution in [0.3, 0.4) is 0 Å². The lowest BCUT2D eigenvalue weighted by Gasteiger charge is -2.37. The molecule has 1 aromatic heterocycles. The van der Waals surface area contributed by atoms with Crippen molar-refractivity contribution < 1.29 is 13.2 Å². The smallest absolute Gasteiger partial charge is 0.255 e. The van der Waals surface area contributed by atoms with Gasteiger partial charge in [-0.3, -0.25) is 9.78 Å². The van der Waals surface area contributed by atoms with Crippen molar-refractivity contribution >= 4 is 15.7 Å². The van der Waals surface area contributed by atoms with E-state index in [1.54, 1.807) is 37.1 Å². The fourth-order valence-electron chi connectivity index (χ4n) is 2.11. The average Bonchev–Trinajstić information content (AvgIpc) is 2.37. The van der Waals surface area contributed by atoms with Crippen LogP contribution in [-0.2, 0) is 9.84 Å². The van der Waals surface area contributed by atoms with Crippen LogP contribution in [0.15, 0.2) is 24.5 Å². The highest BCUT2D eigenvalue weighted by Crippen LogP contribution is 2.21. The Labute approximate surface area is 107 Å². The van der Waals surface area contributed by atoms with Crippen LogP contribution >= 0.6 is 0 Å². The molecule has 1 aliphatic rings. The van der Waals surface area contributed by atoms with E-state index in [0.29, 0.717) is 5.56 Å². The molecule has 0 radical (unpaired) electrons. The zero-order chi connectivity index (χ0) is 13.3. The molecule has 2 atom stereocenters. The molecule has 1 aromatic rings. The number of aromatic nitrogens is 1. The molecule has 0 saturated carbocycles. The molecule has 18 heavy (non-hydrogen) atoms. The van der Waals surface area contributed by atoms with Gasteiger partial charge >= 0.3 is 0 Å². The standard InChI is InChI=1S/C12H16N2O3S/c1-9-10(2)18(16,17)7-6-14(9)12(15)11-4-3-5-13-8-11/h3-5,8-10H,6-7H2,1-2H3/t9-,10-/m0/s1. The number of hydrogen-bond donors (Lipinski definition) is 0. The number of carbonyl (C=O) groups is 1. The summed E-state index contributed by atoms with van der Waals surface area (Å²) >= 11 is 0. The predicted molar refractivity (Wildman–Crippen MR) is 68.0 cm³/mol. The molecular formula is C12H16N2O3S. The van der Waals surface area contributed by atoms with Crippen LogP contribution in [0.25, 0.3) is 0 Å². The number of amides is 1. The van der Waals surface area contributed by atoms with Crippen molar-refractivity contribution in [1.29, 1.82) is 0 Å². The first-order valence-electron chi connectivity index (χ1n) is 5.86. The maximum Gasteiger partial charge on any atom is 0.255 e. The number of carbonyl (C=O) groups excluding carboxylic acids is 1. The van der Waals surface area contributed by atoms with Crippen LogP contribution < -0.4 is 0 Å². The summed E-state index contributed by atoms with van der Waals surface area (Å²) in [7, 11) is -3.07. The van der Waals surface area contributed by atoms with Crippen molar-refractivity contribution in [2.45, 2.75) is 25.1 Å². The Hall–Kier alpha value is -1.43. The molecule has 0 aromatic carbocycles. The summed E-state index contributed by atoms with van der Waals surface area (Å²) in [5.74, 6) is -0.123. The van der Waals surface area contributed by atoms with Gasteiger partial charge in [-0.1, -0.05) is 0 Å². The van der Waals surface area contributed by atoms with Crippen LogP contribution in [-0.4, -0.2) is 47.8 Å². The van der Waals surface area contributed by atoms with Crippen LogP contribution in [0.1, 0.15) is 24.2 Å². The van der Waals surface area contributed by atoms with E-state index < -0.39 is 15.1 Å². The van der Waals surface area contributed by atoms with Crippen molar-refractivity contribution in [3.8, 4) is 0 Å². The molecule has 98 valence electrons. The van der Waals surface area contributed by atoms with Crippen molar-refractivity contribution in [3.63, 3.8) is 0 Å². The SMILES string of the molecule is C[C@H]1[C@H](C)S(=O)(=O)CCN1C(=O)c1cccnc1. The van der Waals surface area contributed by atoms with Gasteiger partial charge in [0.2, 0.25) is 0 Å². The van der Waals surface area contributed by atoms with Crippen molar-refractivity contribution in [2.24, 2.45) is 0 Å². The zero-order valence-electron chi connectivity index (χ0n) is 10.4. The molecule has 2 heterocycles. The maximum absolute atomic E-state index is 12.3. The topological polar surface area (TPSA) is 67.3 Å². The van der Waals surface area contributed by atoms with Crippen LogP contribution in [0, 0.1) is 0 Å². The summed E-state index contributed by atoms with van der Waals surface area (Å²) < 4.78 is 23.5. The minimum absolute atomic E-state index is 0.0323. The first-order valence-corrected chi connectivity index (χ1v) is 7.57. The lowest BCUT2D eigenvalue weighted by molar-refractivity contribution is 0.0693. The Morgan fingerprint density at radius 3 is 2.78 bits per heavy atom. The van der Waals surface area contributed by atoms with Crippen molar-refractivity contribution in [2.75, 3.05) is 12.3 Å². The van der Waals surface area contributed by atoms with E-state index in [1.807, 2.05) is 0 Å². The third kappa shape index (κ3) is 2.25. The quantitative estimate of drug-likeness (QED) is 0.753. The van der Waals surface area contributed by atoms with Gasteiger partial charge in [0.1, 0.15) is 0 Å². The van der Waals surface area contributed by atoms with Gasteiger partial charge in [0.25, 0.3) is 5.91 Å². The molecule has 1 saturated heterocycles. The molecule has 1 aliphatic heterocycles. The average molecular weight is 268 g/mol. The summed E-state index contributed by atoms with van der Waals surface area (Å²) in [5.41, 5.74) is 0.496. The Balaban J connectivity index is 2.23. The highest BCUT2D eigenvalue weighted by atomic mass is 32.2. The molecule has 0 bridgehead atoms. The molecule has 1 fully saturated rings. The molecule has 2 rings (SSSR count). The van der Waals surface area contributed by atoms with Gasteiger partial charge in [-0.05, 0) is 26.0 Å². The van der Waals surface area contributed by atoms with E-state index in [2.05, 4.69) is 4.98 Å². The summed E-state index contributed by atoms with van der Waals surface area (Å²) in [5, 5.41) is -0.521. The molecule has 1 amide bonds. The van der Waals surface area contributed by atoms with Gasteiger partial charge in [-0.2, -0.15) is 0 Å². The Morgan fingerprint density at radius 2 is 2.17 bits per heavy atom. The molecule has 0 aliphatic carbocycles. The first-order chi connectivity index (χ1) is 8.43. The second kappa shape index (κ2) is 4.68. The fraction of sp³-hybridized carbons (Fsp3) is 0.500. The summed E-state index contributed by atoms with van der Waals surface area (Å²) in [6.07, 6.45) is 3.10. The molecular weight excluding hydrogens is 252 g/mol. The molecule has 0 unspecified atom stereocenters. The van der Waals surface area contributed by atoms with Crippen LogP contribution in [0.5, 0.6) is 0 Å². The number of pyridine rings is 1. The summed E-state index contributed by atoms with van der Waals surface area (Å²) in [4.78, 5) is 17.8. The lowest BCUT2D eigenvalue weighted by atomic mass is 10.1. The van der Waals surface area contributed by atoms with Gasteiger partial charge in [0.05, 0.1) is 16.6 Å². The summed E-state index contributed by atoms with van der Waals surface area (Å²) in [6, 6.07) is 3.08. The van der Waals surface area contributed by atoms with Gasteiger partial charge in [0, 0.05) is 25.0 Å².